The number of ether oxygens (including phenoxy) is 1. The molecule has 0 radical (unpaired) electrons. The molecule has 0 aliphatic carbocycles. The quantitative estimate of drug-likeness (QED) is 0.713. The summed E-state index contributed by atoms with van der Waals surface area (Å²) in [5, 5.41) is 2.85. The molecule has 0 fully saturated rings. The highest BCUT2D eigenvalue weighted by molar-refractivity contribution is 9.10. The van der Waals surface area contributed by atoms with Crippen LogP contribution in [0, 0.1) is 0 Å². The second-order valence-corrected chi connectivity index (χ2v) is 5.68. The van der Waals surface area contributed by atoms with Crippen LogP contribution >= 0.6 is 15.9 Å². The van der Waals surface area contributed by atoms with Gasteiger partial charge in [-0.1, -0.05) is 34.1 Å². The van der Waals surface area contributed by atoms with Crippen LogP contribution in [0.25, 0.3) is 0 Å². The van der Waals surface area contributed by atoms with Gasteiger partial charge in [-0.3, -0.25) is 4.79 Å². The lowest BCUT2D eigenvalue weighted by atomic mass is 10.2. The van der Waals surface area contributed by atoms with Gasteiger partial charge in [-0.15, -0.1) is 0 Å². The van der Waals surface area contributed by atoms with Crippen LogP contribution in [0.2, 0.25) is 0 Å². The van der Waals surface area contributed by atoms with Crippen molar-refractivity contribution in [3.8, 4) is 11.6 Å². The number of hydrogen-bond acceptors (Lipinski definition) is 3. The number of carbonyl (C=O) groups excluding carboxylic acids is 1. The number of rotatable bonds is 4. The zero-order valence-electron chi connectivity index (χ0n) is 12.1. The minimum Gasteiger partial charge on any atom is -0.439 e. The number of benzene rings is 2. The summed E-state index contributed by atoms with van der Waals surface area (Å²) in [6, 6.07) is 19.8. The normalized spacial score (nSPS) is 10.1. The van der Waals surface area contributed by atoms with E-state index in [1.165, 1.54) is 0 Å². The molecule has 0 unspecified atom stereocenters. The summed E-state index contributed by atoms with van der Waals surface area (Å²) in [7, 11) is 0. The van der Waals surface area contributed by atoms with Crippen molar-refractivity contribution in [3.05, 3.63) is 83.0 Å². The van der Waals surface area contributed by atoms with Crippen molar-refractivity contribution in [2.75, 3.05) is 5.32 Å². The first kappa shape index (κ1) is 15.2. The molecular weight excluding hydrogens is 356 g/mol. The first-order valence-electron chi connectivity index (χ1n) is 6.96. The van der Waals surface area contributed by atoms with Crippen molar-refractivity contribution in [3.63, 3.8) is 0 Å². The minimum absolute atomic E-state index is 0.199. The Morgan fingerprint density at radius 2 is 1.87 bits per heavy atom. The molecule has 1 N–H and O–H groups in total. The minimum atomic E-state index is -0.199. The van der Waals surface area contributed by atoms with Gasteiger partial charge in [0.05, 0.1) is 0 Å². The molecule has 0 bridgehead atoms. The Hall–Kier alpha value is -2.66. The van der Waals surface area contributed by atoms with Crippen LogP contribution in [0.15, 0.2) is 77.4 Å². The maximum absolute atomic E-state index is 12.3. The van der Waals surface area contributed by atoms with E-state index in [-0.39, 0.29) is 5.91 Å². The van der Waals surface area contributed by atoms with E-state index >= 15 is 0 Å². The molecule has 1 heterocycles. The molecule has 0 aliphatic rings. The van der Waals surface area contributed by atoms with Crippen molar-refractivity contribution in [1.29, 1.82) is 0 Å². The van der Waals surface area contributed by atoms with Crippen LogP contribution in [0.1, 0.15) is 10.4 Å². The second kappa shape index (κ2) is 7.07. The molecule has 2 aromatic carbocycles. The lowest BCUT2D eigenvalue weighted by Gasteiger charge is -2.08. The van der Waals surface area contributed by atoms with Crippen LogP contribution < -0.4 is 10.1 Å². The van der Waals surface area contributed by atoms with Gasteiger partial charge in [-0.05, 0) is 42.5 Å². The summed E-state index contributed by atoms with van der Waals surface area (Å²) in [6.45, 7) is 0. The van der Waals surface area contributed by atoms with E-state index in [4.69, 9.17) is 4.74 Å². The van der Waals surface area contributed by atoms with E-state index in [9.17, 15) is 4.79 Å². The highest BCUT2D eigenvalue weighted by Crippen LogP contribution is 2.21. The van der Waals surface area contributed by atoms with Crippen molar-refractivity contribution in [2.24, 2.45) is 0 Å². The van der Waals surface area contributed by atoms with Crippen LogP contribution in [0.3, 0.4) is 0 Å². The molecule has 3 aromatic rings. The lowest BCUT2D eigenvalue weighted by molar-refractivity contribution is 0.102. The Morgan fingerprint density at radius 1 is 1.00 bits per heavy atom. The molecule has 0 saturated heterocycles. The molecule has 114 valence electrons. The fraction of sp³-hybridized carbons (Fsp3) is 0. The Balaban J connectivity index is 1.75. The van der Waals surface area contributed by atoms with Gasteiger partial charge in [-0.2, -0.15) is 0 Å². The highest BCUT2D eigenvalue weighted by atomic mass is 79.9. The monoisotopic (exact) mass is 368 g/mol. The molecule has 5 heteroatoms. The Labute approximate surface area is 142 Å². The van der Waals surface area contributed by atoms with E-state index in [1.54, 1.807) is 36.5 Å². The zero-order chi connectivity index (χ0) is 16.1. The number of carbonyl (C=O) groups is 1. The fourth-order valence-electron chi connectivity index (χ4n) is 2.00. The van der Waals surface area contributed by atoms with Crippen LogP contribution in [-0.4, -0.2) is 10.9 Å². The molecule has 1 amide bonds. The van der Waals surface area contributed by atoms with Crippen LogP contribution in [0.4, 0.5) is 5.69 Å². The van der Waals surface area contributed by atoms with Crippen LogP contribution in [-0.2, 0) is 0 Å². The number of hydrogen-bond donors (Lipinski definition) is 1. The molecule has 0 aliphatic heterocycles. The number of nitrogens with one attached hydrogen (secondary N) is 1. The third-order valence-corrected chi connectivity index (χ3v) is 3.53. The largest absolute Gasteiger partial charge is 0.439 e. The molecule has 0 atom stereocenters. The SMILES string of the molecule is O=C(Nc1cccc(Br)c1)c1cccc(Oc2ccccn2)c1. The summed E-state index contributed by atoms with van der Waals surface area (Å²) in [4.78, 5) is 16.4. The molecule has 23 heavy (non-hydrogen) atoms. The topological polar surface area (TPSA) is 51.2 Å². The van der Waals surface area contributed by atoms with Gasteiger partial charge in [0.25, 0.3) is 5.91 Å². The third-order valence-electron chi connectivity index (χ3n) is 3.04. The first-order chi connectivity index (χ1) is 11.2. The number of halogens is 1. The average molecular weight is 369 g/mol. The van der Waals surface area contributed by atoms with Gasteiger partial charge in [0.15, 0.2) is 0 Å². The number of pyridine rings is 1. The summed E-state index contributed by atoms with van der Waals surface area (Å²) < 4.78 is 6.55. The second-order valence-electron chi connectivity index (χ2n) is 4.76. The van der Waals surface area contributed by atoms with Crippen LogP contribution in [0.5, 0.6) is 11.6 Å². The predicted molar refractivity (Wildman–Crippen MR) is 92.8 cm³/mol. The Kier molecular flexibility index (Phi) is 4.68. The molecular formula is C18H13BrN2O2. The average Bonchev–Trinajstić information content (AvgIpc) is 2.56. The van der Waals surface area contributed by atoms with Gasteiger partial charge in [0.2, 0.25) is 5.88 Å². The molecule has 0 spiro atoms. The number of anilines is 1. The fourth-order valence-corrected chi connectivity index (χ4v) is 2.40. The van der Waals surface area contributed by atoms with E-state index in [0.29, 0.717) is 17.2 Å². The predicted octanol–water partition coefficient (Wildman–Crippen LogP) is 4.89. The van der Waals surface area contributed by atoms with E-state index in [2.05, 4.69) is 26.2 Å². The number of amides is 1. The molecule has 3 rings (SSSR count). The van der Waals surface area contributed by atoms with Gasteiger partial charge in [0, 0.05) is 28.0 Å². The lowest BCUT2D eigenvalue weighted by Crippen LogP contribution is -2.11. The van der Waals surface area contributed by atoms with E-state index in [1.807, 2.05) is 36.4 Å². The van der Waals surface area contributed by atoms with Crippen molar-refractivity contribution in [2.45, 2.75) is 0 Å². The van der Waals surface area contributed by atoms with Gasteiger partial charge < -0.3 is 10.1 Å². The van der Waals surface area contributed by atoms with Gasteiger partial charge in [0.1, 0.15) is 5.75 Å². The first-order valence-corrected chi connectivity index (χ1v) is 7.76. The molecule has 1 aromatic heterocycles. The molecule has 4 nitrogen and oxygen atoms in total. The number of aromatic nitrogens is 1. The summed E-state index contributed by atoms with van der Waals surface area (Å²) >= 11 is 3.38. The van der Waals surface area contributed by atoms with Crippen molar-refractivity contribution in [1.82, 2.24) is 4.98 Å². The maximum Gasteiger partial charge on any atom is 0.255 e. The molecule has 0 saturated carbocycles. The van der Waals surface area contributed by atoms with E-state index < -0.39 is 0 Å². The third kappa shape index (κ3) is 4.17. The summed E-state index contributed by atoms with van der Waals surface area (Å²) in [5.74, 6) is 0.845. The summed E-state index contributed by atoms with van der Waals surface area (Å²) in [5.41, 5.74) is 1.24. The van der Waals surface area contributed by atoms with Crippen molar-refractivity contribution < 1.29 is 9.53 Å². The highest BCUT2D eigenvalue weighted by Gasteiger charge is 2.08. The van der Waals surface area contributed by atoms with Crippen molar-refractivity contribution >= 4 is 27.5 Å². The zero-order valence-corrected chi connectivity index (χ0v) is 13.7. The van der Waals surface area contributed by atoms with E-state index in [0.717, 1.165) is 10.2 Å². The summed E-state index contributed by atoms with van der Waals surface area (Å²) in [6.07, 6.45) is 1.65. The maximum atomic E-state index is 12.3. The Bertz CT molecular complexity index is 822. The number of nitrogens with zero attached hydrogens (tertiary/aromatic N) is 1. The van der Waals surface area contributed by atoms with Gasteiger partial charge in [-0.25, -0.2) is 4.98 Å². The van der Waals surface area contributed by atoms with Gasteiger partial charge >= 0.3 is 0 Å². The smallest absolute Gasteiger partial charge is 0.255 e. The Morgan fingerprint density at radius 3 is 2.65 bits per heavy atom. The standard InChI is InChI=1S/C18H13BrN2O2/c19-14-6-4-7-15(12-14)21-18(22)13-5-3-8-16(11-13)23-17-9-1-2-10-20-17/h1-12H,(H,21,22).